The molecule has 4 radical (unpaired) electrons. The zero-order valence-corrected chi connectivity index (χ0v) is 8.21. The molecule has 54 valence electrons. The number of hydrogen-bond acceptors (Lipinski definition) is 1. The van der Waals surface area contributed by atoms with Crippen molar-refractivity contribution >= 4 is 38.3 Å². The lowest BCUT2D eigenvalue weighted by molar-refractivity contribution is 0.137. The van der Waals surface area contributed by atoms with E-state index in [0.29, 0.717) is 12.9 Å². The van der Waals surface area contributed by atoms with E-state index in [2.05, 4.69) is 22.6 Å². The highest BCUT2D eigenvalue weighted by atomic mass is 127. The van der Waals surface area contributed by atoms with E-state index in [-0.39, 0.29) is 5.82 Å². The Balaban J connectivity index is 2.89. The Morgan fingerprint density at radius 1 is 1.50 bits per heavy atom. The number of hydrogen-bond donors (Lipinski definition) is 0. The molecule has 0 bridgehead atoms. The van der Waals surface area contributed by atoms with Crippen molar-refractivity contribution in [3.8, 4) is 0 Å². The first-order valence-corrected chi connectivity index (χ1v) is 4.93. The van der Waals surface area contributed by atoms with Crippen molar-refractivity contribution in [1.82, 2.24) is 0 Å². The summed E-state index contributed by atoms with van der Waals surface area (Å²) in [6.45, 7) is 1.39. The van der Waals surface area contributed by atoms with Crippen LogP contribution in [0.15, 0.2) is 0 Å². The summed E-state index contributed by atoms with van der Waals surface area (Å²) in [5.41, 5.74) is 0. The maximum Gasteiger partial charge on any atom is 0.0720 e. The van der Waals surface area contributed by atoms with Crippen LogP contribution in [-0.4, -0.2) is 33.3 Å². The third-order valence-electron chi connectivity index (χ3n) is 1.06. The highest BCUT2D eigenvalue weighted by Gasteiger charge is 1.96. The van der Waals surface area contributed by atoms with Crippen LogP contribution < -0.4 is 0 Å². The second kappa shape index (κ2) is 7.92. The van der Waals surface area contributed by atoms with Gasteiger partial charge in [-0.25, -0.2) is 0 Å². The molecule has 0 fully saturated rings. The van der Waals surface area contributed by atoms with Crippen molar-refractivity contribution in [3.05, 3.63) is 0 Å². The molecule has 0 spiro atoms. The lowest BCUT2D eigenvalue weighted by Gasteiger charge is -2.08. The summed E-state index contributed by atoms with van der Waals surface area (Å²) < 4.78 is 6.35. The zero-order chi connectivity index (χ0) is 7.82. The second-order valence-corrected chi connectivity index (χ2v) is 3.19. The third-order valence-corrected chi connectivity index (χ3v) is 1.82. The highest BCUT2D eigenvalue weighted by molar-refractivity contribution is 14.1. The van der Waals surface area contributed by atoms with E-state index in [0.717, 1.165) is 17.5 Å². The highest BCUT2D eigenvalue weighted by Crippen LogP contribution is 2.03. The Morgan fingerprint density at radius 2 is 2.20 bits per heavy atom. The molecule has 1 atom stereocenters. The fourth-order valence-corrected chi connectivity index (χ4v) is 0.771. The third kappa shape index (κ3) is 6.93. The molecule has 0 saturated heterocycles. The predicted octanol–water partition coefficient (Wildman–Crippen LogP) is 1.37. The molecule has 0 aliphatic rings. The SMILES string of the molecule is [B]CC([B])COCCCI. The first-order valence-electron chi connectivity index (χ1n) is 3.40. The van der Waals surface area contributed by atoms with Gasteiger partial charge in [-0.1, -0.05) is 34.7 Å². The van der Waals surface area contributed by atoms with Crippen LogP contribution in [0.1, 0.15) is 6.42 Å². The van der Waals surface area contributed by atoms with Gasteiger partial charge < -0.3 is 4.74 Å². The molecule has 0 amide bonds. The van der Waals surface area contributed by atoms with Gasteiger partial charge in [0.2, 0.25) is 0 Å². The Kier molecular flexibility index (Phi) is 8.57. The zero-order valence-electron chi connectivity index (χ0n) is 6.05. The van der Waals surface area contributed by atoms with Gasteiger partial charge in [0.05, 0.1) is 15.7 Å². The van der Waals surface area contributed by atoms with Crippen molar-refractivity contribution in [2.45, 2.75) is 18.6 Å². The van der Waals surface area contributed by atoms with Crippen molar-refractivity contribution < 1.29 is 4.74 Å². The minimum Gasteiger partial charge on any atom is -0.382 e. The quantitative estimate of drug-likeness (QED) is 0.298. The second-order valence-electron chi connectivity index (χ2n) is 2.11. The molecule has 1 unspecified atom stereocenters. The lowest BCUT2D eigenvalue weighted by Crippen LogP contribution is -2.04. The van der Waals surface area contributed by atoms with Gasteiger partial charge in [-0.2, -0.15) is 0 Å². The average Bonchev–Trinajstić information content (AvgIpc) is 1.98. The summed E-state index contributed by atoms with van der Waals surface area (Å²) in [6, 6.07) is 0. The van der Waals surface area contributed by atoms with Gasteiger partial charge in [0.15, 0.2) is 0 Å². The Morgan fingerprint density at radius 3 is 2.70 bits per heavy atom. The molecule has 0 aliphatic heterocycles. The van der Waals surface area contributed by atoms with E-state index >= 15 is 0 Å². The molecule has 0 heterocycles. The van der Waals surface area contributed by atoms with Gasteiger partial charge >= 0.3 is 0 Å². The largest absolute Gasteiger partial charge is 0.382 e. The Labute approximate surface area is 79.2 Å². The number of rotatable bonds is 6. The van der Waals surface area contributed by atoms with Crippen LogP contribution in [0.3, 0.4) is 0 Å². The van der Waals surface area contributed by atoms with Crippen LogP contribution >= 0.6 is 22.6 Å². The molecule has 0 aromatic carbocycles. The molecule has 0 aromatic heterocycles. The van der Waals surface area contributed by atoms with Gasteiger partial charge in [0, 0.05) is 17.6 Å². The monoisotopic (exact) mass is 248 g/mol. The maximum absolute atomic E-state index is 5.50. The van der Waals surface area contributed by atoms with Crippen molar-refractivity contribution in [2.24, 2.45) is 0 Å². The summed E-state index contributed by atoms with van der Waals surface area (Å²) in [5.74, 6) is 0.00853. The fourth-order valence-electron chi connectivity index (χ4n) is 0.459. The first-order chi connectivity index (χ1) is 4.81. The van der Waals surface area contributed by atoms with E-state index in [1.807, 2.05) is 0 Å². The van der Waals surface area contributed by atoms with Crippen LogP contribution in [-0.2, 0) is 4.74 Å². The number of alkyl halides is 1. The molecule has 0 saturated carbocycles. The van der Waals surface area contributed by atoms with Crippen LogP contribution in [0, 0.1) is 0 Å². The standard InChI is InChI=1S/C6H11B2IO/c7-4-6(8)5-10-3-1-2-9/h6H,1-5H2. The van der Waals surface area contributed by atoms with Gasteiger partial charge in [-0.05, 0) is 6.42 Å². The molecular formula is C6H11B2IO. The predicted molar refractivity (Wildman–Crippen MR) is 54.4 cm³/mol. The molecule has 0 rings (SSSR count). The van der Waals surface area contributed by atoms with E-state index in [1.54, 1.807) is 0 Å². The average molecular weight is 248 g/mol. The first kappa shape index (κ1) is 10.8. The fraction of sp³-hybridized carbons (Fsp3) is 1.00. The maximum atomic E-state index is 5.50. The summed E-state index contributed by atoms with van der Waals surface area (Å²) in [5, 5.41) is 0. The number of ether oxygens (including phenoxy) is 1. The van der Waals surface area contributed by atoms with Crippen LogP contribution in [0.5, 0.6) is 0 Å². The van der Waals surface area contributed by atoms with Crippen LogP contribution in [0.2, 0.25) is 12.1 Å². The Bertz CT molecular complexity index is 72.8. The van der Waals surface area contributed by atoms with E-state index in [1.165, 1.54) is 0 Å². The normalized spacial score (nSPS) is 13.3. The summed E-state index contributed by atoms with van der Waals surface area (Å²) in [7, 11) is 10.8. The summed E-state index contributed by atoms with van der Waals surface area (Å²) in [6.07, 6.45) is 1.60. The van der Waals surface area contributed by atoms with Gasteiger partial charge in [-0.15, -0.1) is 0 Å². The van der Waals surface area contributed by atoms with Crippen molar-refractivity contribution in [3.63, 3.8) is 0 Å². The Hall–Kier alpha value is 0.820. The van der Waals surface area contributed by atoms with Gasteiger partial charge in [0.25, 0.3) is 0 Å². The topological polar surface area (TPSA) is 9.23 Å². The van der Waals surface area contributed by atoms with Crippen molar-refractivity contribution in [1.29, 1.82) is 0 Å². The minimum atomic E-state index is 0.00853. The number of halogens is 1. The molecular weight excluding hydrogens is 237 g/mol. The smallest absolute Gasteiger partial charge is 0.0720 e. The van der Waals surface area contributed by atoms with Crippen LogP contribution in [0.4, 0.5) is 0 Å². The summed E-state index contributed by atoms with van der Waals surface area (Å²) in [4.78, 5) is 0. The minimum absolute atomic E-state index is 0.00853. The molecule has 0 N–H and O–H groups in total. The van der Waals surface area contributed by atoms with Crippen molar-refractivity contribution in [2.75, 3.05) is 17.6 Å². The molecule has 0 aromatic rings. The van der Waals surface area contributed by atoms with Gasteiger partial charge in [0.1, 0.15) is 0 Å². The van der Waals surface area contributed by atoms with Gasteiger partial charge in [-0.3, -0.25) is 0 Å². The molecule has 10 heavy (non-hydrogen) atoms. The van der Waals surface area contributed by atoms with Crippen LogP contribution in [0.25, 0.3) is 0 Å². The summed E-state index contributed by atoms with van der Waals surface area (Å²) >= 11 is 2.32. The van der Waals surface area contributed by atoms with E-state index in [9.17, 15) is 0 Å². The van der Waals surface area contributed by atoms with E-state index in [4.69, 9.17) is 20.4 Å². The molecule has 1 nitrogen and oxygen atoms in total. The molecule has 4 heteroatoms. The lowest BCUT2D eigenvalue weighted by atomic mass is 9.78. The molecule has 0 aliphatic carbocycles. The van der Waals surface area contributed by atoms with E-state index < -0.39 is 0 Å².